The first-order valence-electron chi connectivity index (χ1n) is 4.09. The highest BCUT2D eigenvalue weighted by Gasteiger charge is 1.97. The maximum atomic E-state index is 4.29. The van der Waals surface area contributed by atoms with Gasteiger partial charge in [-0.15, -0.1) is 0 Å². The van der Waals surface area contributed by atoms with Gasteiger partial charge in [-0.2, -0.15) is 0 Å². The SMILES string of the molecule is CCc1nccc2ccncc12. The van der Waals surface area contributed by atoms with E-state index in [-0.39, 0.29) is 0 Å². The quantitative estimate of drug-likeness (QED) is 0.635. The van der Waals surface area contributed by atoms with Crippen molar-refractivity contribution in [1.82, 2.24) is 9.97 Å². The molecule has 2 nitrogen and oxygen atoms in total. The Morgan fingerprint density at radius 3 is 2.92 bits per heavy atom. The van der Waals surface area contributed by atoms with E-state index in [4.69, 9.17) is 0 Å². The highest BCUT2D eigenvalue weighted by Crippen LogP contribution is 2.14. The van der Waals surface area contributed by atoms with Crippen LogP contribution in [0.2, 0.25) is 0 Å². The molecule has 0 saturated carbocycles. The lowest BCUT2D eigenvalue weighted by Crippen LogP contribution is -1.88. The van der Waals surface area contributed by atoms with Crippen LogP contribution in [0.4, 0.5) is 0 Å². The van der Waals surface area contributed by atoms with Gasteiger partial charge >= 0.3 is 0 Å². The van der Waals surface area contributed by atoms with Gasteiger partial charge in [-0.05, 0) is 23.9 Å². The van der Waals surface area contributed by atoms with Gasteiger partial charge in [-0.1, -0.05) is 6.92 Å². The minimum atomic E-state index is 0.961. The predicted molar refractivity (Wildman–Crippen MR) is 48.9 cm³/mol. The van der Waals surface area contributed by atoms with E-state index in [2.05, 4.69) is 16.9 Å². The molecule has 2 heteroatoms. The molecule has 2 aromatic rings. The van der Waals surface area contributed by atoms with Crippen LogP contribution in [-0.2, 0) is 6.42 Å². The van der Waals surface area contributed by atoms with E-state index in [0.717, 1.165) is 12.1 Å². The van der Waals surface area contributed by atoms with E-state index in [1.165, 1.54) is 10.8 Å². The highest BCUT2D eigenvalue weighted by molar-refractivity contribution is 5.83. The second-order valence-electron chi connectivity index (χ2n) is 2.71. The largest absolute Gasteiger partial charge is 0.264 e. The van der Waals surface area contributed by atoms with Crippen LogP contribution in [0.15, 0.2) is 30.7 Å². The first-order valence-corrected chi connectivity index (χ1v) is 4.09. The topological polar surface area (TPSA) is 25.8 Å². The average Bonchev–Trinajstić information content (AvgIpc) is 2.17. The summed E-state index contributed by atoms with van der Waals surface area (Å²) in [5.74, 6) is 0. The van der Waals surface area contributed by atoms with Crippen molar-refractivity contribution in [2.24, 2.45) is 0 Å². The Bertz CT molecular complexity index is 390. The summed E-state index contributed by atoms with van der Waals surface area (Å²) in [6.07, 6.45) is 6.49. The van der Waals surface area contributed by atoms with Crippen LogP contribution in [-0.4, -0.2) is 9.97 Å². The number of nitrogens with zero attached hydrogens (tertiary/aromatic N) is 2. The molecule has 0 aliphatic heterocycles. The Balaban J connectivity index is 2.79. The standard InChI is InChI=1S/C10H10N2/c1-2-10-9-7-11-5-3-8(9)4-6-12-10/h3-7H,2H2,1H3. The lowest BCUT2D eigenvalue weighted by molar-refractivity contribution is 1.05. The lowest BCUT2D eigenvalue weighted by atomic mass is 10.1. The van der Waals surface area contributed by atoms with Crippen molar-refractivity contribution < 1.29 is 0 Å². The first kappa shape index (κ1) is 7.22. The van der Waals surface area contributed by atoms with Crippen LogP contribution >= 0.6 is 0 Å². The normalized spacial score (nSPS) is 10.4. The van der Waals surface area contributed by atoms with E-state index >= 15 is 0 Å². The molecule has 0 atom stereocenters. The fourth-order valence-electron chi connectivity index (χ4n) is 1.35. The molecular weight excluding hydrogens is 148 g/mol. The van der Waals surface area contributed by atoms with Gasteiger partial charge in [0, 0.05) is 29.7 Å². The number of hydrogen-bond donors (Lipinski definition) is 0. The van der Waals surface area contributed by atoms with Crippen molar-refractivity contribution in [3.8, 4) is 0 Å². The fraction of sp³-hybridized carbons (Fsp3) is 0.200. The van der Waals surface area contributed by atoms with Gasteiger partial charge in [0.2, 0.25) is 0 Å². The Kier molecular flexibility index (Phi) is 1.74. The van der Waals surface area contributed by atoms with E-state index in [0.29, 0.717) is 0 Å². The van der Waals surface area contributed by atoms with Crippen LogP contribution in [0.1, 0.15) is 12.6 Å². The Morgan fingerprint density at radius 2 is 2.08 bits per heavy atom. The minimum Gasteiger partial charge on any atom is -0.264 e. The van der Waals surface area contributed by atoms with E-state index in [9.17, 15) is 0 Å². The van der Waals surface area contributed by atoms with Crippen LogP contribution < -0.4 is 0 Å². The van der Waals surface area contributed by atoms with Gasteiger partial charge in [0.25, 0.3) is 0 Å². The molecule has 0 aliphatic rings. The van der Waals surface area contributed by atoms with Gasteiger partial charge in [0.05, 0.1) is 0 Å². The van der Waals surface area contributed by atoms with E-state index in [1.807, 2.05) is 30.7 Å². The Hall–Kier alpha value is -1.44. The smallest absolute Gasteiger partial charge is 0.0494 e. The van der Waals surface area contributed by atoms with E-state index < -0.39 is 0 Å². The second-order valence-corrected chi connectivity index (χ2v) is 2.71. The van der Waals surface area contributed by atoms with Gasteiger partial charge in [0.1, 0.15) is 0 Å². The van der Waals surface area contributed by atoms with Crippen molar-refractivity contribution in [3.05, 3.63) is 36.4 Å². The monoisotopic (exact) mass is 158 g/mol. The lowest BCUT2D eigenvalue weighted by Gasteiger charge is -2.00. The summed E-state index contributed by atoms with van der Waals surface area (Å²) in [6.45, 7) is 2.11. The third-order valence-electron chi connectivity index (χ3n) is 1.99. The second kappa shape index (κ2) is 2.89. The van der Waals surface area contributed by atoms with Crippen molar-refractivity contribution in [1.29, 1.82) is 0 Å². The number of pyridine rings is 2. The highest BCUT2D eigenvalue weighted by atomic mass is 14.7. The molecule has 2 rings (SSSR count). The van der Waals surface area contributed by atoms with Crippen LogP contribution in [0.3, 0.4) is 0 Å². The van der Waals surface area contributed by atoms with Crippen molar-refractivity contribution >= 4 is 10.8 Å². The molecule has 0 bridgehead atoms. The first-order chi connectivity index (χ1) is 5.92. The third kappa shape index (κ3) is 1.05. The van der Waals surface area contributed by atoms with Crippen LogP contribution in [0, 0.1) is 0 Å². The molecule has 12 heavy (non-hydrogen) atoms. The van der Waals surface area contributed by atoms with Gasteiger partial charge in [0.15, 0.2) is 0 Å². The molecule has 0 radical (unpaired) electrons. The van der Waals surface area contributed by atoms with Crippen molar-refractivity contribution in [3.63, 3.8) is 0 Å². The summed E-state index contributed by atoms with van der Waals surface area (Å²) >= 11 is 0. The average molecular weight is 158 g/mol. The zero-order valence-electron chi connectivity index (χ0n) is 6.99. The van der Waals surface area contributed by atoms with Gasteiger partial charge < -0.3 is 0 Å². The van der Waals surface area contributed by atoms with Crippen molar-refractivity contribution in [2.75, 3.05) is 0 Å². The molecular formula is C10H10N2. The molecule has 0 spiro atoms. The molecule has 0 aromatic carbocycles. The van der Waals surface area contributed by atoms with Crippen molar-refractivity contribution in [2.45, 2.75) is 13.3 Å². The number of aromatic nitrogens is 2. The summed E-state index contributed by atoms with van der Waals surface area (Å²) in [5, 5.41) is 2.39. The fourth-order valence-corrected chi connectivity index (χ4v) is 1.35. The summed E-state index contributed by atoms with van der Waals surface area (Å²) in [4.78, 5) is 8.37. The summed E-state index contributed by atoms with van der Waals surface area (Å²) in [7, 11) is 0. The van der Waals surface area contributed by atoms with Gasteiger partial charge in [-0.25, -0.2) is 0 Å². The number of aryl methyl sites for hydroxylation is 1. The van der Waals surface area contributed by atoms with Crippen LogP contribution in [0.25, 0.3) is 10.8 Å². The molecule has 0 saturated heterocycles. The zero-order valence-corrected chi connectivity index (χ0v) is 6.99. The summed E-state index contributed by atoms with van der Waals surface area (Å²) in [6, 6.07) is 4.02. The molecule has 0 unspecified atom stereocenters. The molecule has 0 amide bonds. The third-order valence-corrected chi connectivity index (χ3v) is 1.99. The van der Waals surface area contributed by atoms with Gasteiger partial charge in [-0.3, -0.25) is 9.97 Å². The zero-order chi connectivity index (χ0) is 8.39. The molecule has 60 valence electrons. The predicted octanol–water partition coefficient (Wildman–Crippen LogP) is 2.19. The molecule has 2 heterocycles. The maximum absolute atomic E-state index is 4.29. The number of fused-ring (bicyclic) bond motifs is 1. The molecule has 0 N–H and O–H groups in total. The molecule has 2 aromatic heterocycles. The van der Waals surface area contributed by atoms with Crippen LogP contribution in [0.5, 0.6) is 0 Å². The number of rotatable bonds is 1. The Morgan fingerprint density at radius 1 is 1.25 bits per heavy atom. The molecule has 0 fully saturated rings. The molecule has 0 aliphatic carbocycles. The maximum Gasteiger partial charge on any atom is 0.0494 e. The van der Waals surface area contributed by atoms with E-state index in [1.54, 1.807) is 0 Å². The number of hydrogen-bond acceptors (Lipinski definition) is 2. The summed E-state index contributed by atoms with van der Waals surface area (Å²) in [5.41, 5.74) is 1.13. The Labute approximate surface area is 71.3 Å². The minimum absolute atomic E-state index is 0.961. The summed E-state index contributed by atoms with van der Waals surface area (Å²) < 4.78 is 0.